The van der Waals surface area contributed by atoms with E-state index in [1.165, 1.54) is 17.2 Å². The van der Waals surface area contributed by atoms with Gasteiger partial charge in [0.15, 0.2) is 5.76 Å². The molecule has 0 aliphatic carbocycles. The van der Waals surface area contributed by atoms with E-state index in [1.54, 1.807) is 12.1 Å². The van der Waals surface area contributed by atoms with E-state index in [-0.39, 0.29) is 5.91 Å². The van der Waals surface area contributed by atoms with Gasteiger partial charge >= 0.3 is 0 Å². The zero-order valence-electron chi connectivity index (χ0n) is 15.5. The number of hydrogen-bond donors (Lipinski definition) is 1. The molecule has 3 aromatic heterocycles. The number of nitrogens with zero attached hydrogens (tertiary/aromatic N) is 3. The molecule has 4 aromatic rings. The van der Waals surface area contributed by atoms with E-state index in [0.29, 0.717) is 18.8 Å². The van der Waals surface area contributed by atoms with Crippen molar-refractivity contribution in [1.82, 2.24) is 19.7 Å². The number of H-pyrrole nitrogens is 1. The minimum atomic E-state index is -0.112. The Hall–Kier alpha value is -3.28. The molecule has 0 spiro atoms. The zero-order chi connectivity index (χ0) is 18.8. The van der Waals surface area contributed by atoms with Gasteiger partial charge in [0.1, 0.15) is 0 Å². The van der Waals surface area contributed by atoms with Crippen LogP contribution in [0.3, 0.4) is 0 Å². The summed E-state index contributed by atoms with van der Waals surface area (Å²) in [6.07, 6.45) is 4.31. The molecule has 0 bridgehead atoms. The van der Waals surface area contributed by atoms with Crippen molar-refractivity contribution >= 4 is 16.8 Å². The third-order valence-corrected chi connectivity index (χ3v) is 4.80. The van der Waals surface area contributed by atoms with Crippen molar-refractivity contribution in [3.63, 3.8) is 0 Å². The molecule has 27 heavy (non-hydrogen) atoms. The van der Waals surface area contributed by atoms with E-state index in [1.807, 2.05) is 47.9 Å². The fourth-order valence-corrected chi connectivity index (χ4v) is 3.41. The molecule has 0 unspecified atom stereocenters. The lowest BCUT2D eigenvalue weighted by molar-refractivity contribution is 0.0709. The number of rotatable bonds is 6. The lowest BCUT2D eigenvalue weighted by Crippen LogP contribution is -2.33. The summed E-state index contributed by atoms with van der Waals surface area (Å²) in [6.45, 7) is 3.03. The van der Waals surface area contributed by atoms with E-state index in [4.69, 9.17) is 4.42 Å². The van der Waals surface area contributed by atoms with E-state index >= 15 is 0 Å². The lowest BCUT2D eigenvalue weighted by atomic mass is 10.1. The lowest BCUT2D eigenvalue weighted by Gasteiger charge is -2.21. The Morgan fingerprint density at radius 3 is 2.85 bits per heavy atom. The summed E-state index contributed by atoms with van der Waals surface area (Å²) < 4.78 is 7.16. The molecule has 138 valence electrons. The Balaban J connectivity index is 1.57. The number of nitrogens with one attached hydrogen (secondary N) is 1. The van der Waals surface area contributed by atoms with Gasteiger partial charge in [0, 0.05) is 30.7 Å². The van der Waals surface area contributed by atoms with Gasteiger partial charge in [-0.1, -0.05) is 18.2 Å². The second-order valence-electron chi connectivity index (χ2n) is 6.71. The Morgan fingerprint density at radius 1 is 1.26 bits per heavy atom. The molecule has 0 aliphatic rings. The SMILES string of the molecule is Cc1cc(CN(CCc2c[nH]c3ccccc23)C(=O)c2ccco2)n(C)n1. The molecule has 0 atom stereocenters. The number of aromatic nitrogens is 3. The van der Waals surface area contributed by atoms with Crippen molar-refractivity contribution in [1.29, 1.82) is 0 Å². The number of amides is 1. The van der Waals surface area contributed by atoms with Crippen molar-refractivity contribution in [2.45, 2.75) is 19.9 Å². The highest BCUT2D eigenvalue weighted by molar-refractivity contribution is 5.91. The van der Waals surface area contributed by atoms with E-state index in [0.717, 1.165) is 23.3 Å². The van der Waals surface area contributed by atoms with Gasteiger partial charge in [-0.25, -0.2) is 0 Å². The van der Waals surface area contributed by atoms with Crippen LogP contribution in [-0.2, 0) is 20.0 Å². The summed E-state index contributed by atoms with van der Waals surface area (Å²) in [5, 5.41) is 5.58. The summed E-state index contributed by atoms with van der Waals surface area (Å²) in [4.78, 5) is 18.1. The highest BCUT2D eigenvalue weighted by Crippen LogP contribution is 2.19. The van der Waals surface area contributed by atoms with Gasteiger partial charge in [0.25, 0.3) is 5.91 Å². The normalized spacial score (nSPS) is 11.2. The summed E-state index contributed by atoms with van der Waals surface area (Å²) >= 11 is 0. The molecule has 6 nitrogen and oxygen atoms in total. The number of aryl methyl sites for hydroxylation is 2. The molecule has 6 heteroatoms. The molecular weight excluding hydrogens is 340 g/mol. The number of benzene rings is 1. The number of fused-ring (bicyclic) bond motifs is 1. The van der Waals surface area contributed by atoms with Gasteiger partial charge in [0.05, 0.1) is 24.2 Å². The number of carbonyl (C=O) groups excluding carboxylic acids is 1. The van der Waals surface area contributed by atoms with Gasteiger partial charge < -0.3 is 14.3 Å². The van der Waals surface area contributed by atoms with Crippen molar-refractivity contribution < 1.29 is 9.21 Å². The van der Waals surface area contributed by atoms with Crippen molar-refractivity contribution in [3.05, 3.63) is 77.6 Å². The maximum Gasteiger partial charge on any atom is 0.289 e. The average molecular weight is 362 g/mol. The monoisotopic (exact) mass is 362 g/mol. The minimum absolute atomic E-state index is 0.112. The fraction of sp³-hybridized carbons (Fsp3) is 0.238. The molecule has 1 N–H and O–H groups in total. The number of aromatic amines is 1. The predicted octanol–water partition coefficient (Wildman–Crippen LogP) is 3.69. The molecule has 1 aromatic carbocycles. The molecule has 0 aliphatic heterocycles. The van der Waals surface area contributed by atoms with Gasteiger partial charge in [0.2, 0.25) is 0 Å². The standard InChI is InChI=1S/C21H22N4O2/c1-15-12-17(24(2)23-15)14-25(21(26)20-8-5-11-27-20)10-9-16-13-22-19-7-4-3-6-18(16)19/h3-8,11-13,22H,9-10,14H2,1-2H3. The molecule has 0 saturated heterocycles. The van der Waals surface area contributed by atoms with Crippen LogP contribution in [0.25, 0.3) is 10.9 Å². The second kappa shape index (κ2) is 7.15. The number of hydrogen-bond acceptors (Lipinski definition) is 3. The van der Waals surface area contributed by atoms with Gasteiger partial charge in [-0.3, -0.25) is 9.48 Å². The van der Waals surface area contributed by atoms with Crippen LogP contribution in [0.15, 0.2) is 59.3 Å². The van der Waals surface area contributed by atoms with Crippen LogP contribution in [0.1, 0.15) is 27.5 Å². The predicted molar refractivity (Wildman–Crippen MR) is 103 cm³/mol. The second-order valence-corrected chi connectivity index (χ2v) is 6.71. The van der Waals surface area contributed by atoms with Crippen molar-refractivity contribution in [3.8, 4) is 0 Å². The molecule has 0 saturated carbocycles. The van der Waals surface area contributed by atoms with E-state index in [9.17, 15) is 4.79 Å². The highest BCUT2D eigenvalue weighted by Gasteiger charge is 2.20. The van der Waals surface area contributed by atoms with Crippen LogP contribution >= 0.6 is 0 Å². The van der Waals surface area contributed by atoms with Crippen LogP contribution < -0.4 is 0 Å². The maximum absolute atomic E-state index is 12.9. The molecule has 0 fully saturated rings. The first-order valence-corrected chi connectivity index (χ1v) is 8.99. The average Bonchev–Trinajstić information content (AvgIpc) is 3.39. The molecule has 1 amide bonds. The van der Waals surface area contributed by atoms with Crippen LogP contribution in [0.4, 0.5) is 0 Å². The quantitative estimate of drug-likeness (QED) is 0.569. The van der Waals surface area contributed by atoms with Crippen LogP contribution in [-0.4, -0.2) is 32.1 Å². The third kappa shape index (κ3) is 3.51. The van der Waals surface area contributed by atoms with E-state index < -0.39 is 0 Å². The Bertz CT molecular complexity index is 1060. The Kier molecular flexibility index (Phi) is 4.54. The molecule has 0 radical (unpaired) electrons. The summed E-state index contributed by atoms with van der Waals surface area (Å²) in [5.41, 5.74) is 4.24. The highest BCUT2D eigenvalue weighted by atomic mass is 16.3. The van der Waals surface area contributed by atoms with Gasteiger partial charge in [-0.05, 0) is 43.2 Å². The van der Waals surface area contributed by atoms with Crippen LogP contribution in [0, 0.1) is 6.92 Å². The van der Waals surface area contributed by atoms with Gasteiger partial charge in [-0.15, -0.1) is 0 Å². The number of furan rings is 1. The minimum Gasteiger partial charge on any atom is -0.459 e. The number of para-hydroxylation sites is 1. The number of carbonyl (C=O) groups is 1. The Morgan fingerprint density at radius 2 is 2.11 bits per heavy atom. The first kappa shape index (κ1) is 17.1. The molecule has 3 heterocycles. The topological polar surface area (TPSA) is 67.1 Å². The Labute approximate surface area is 157 Å². The van der Waals surface area contributed by atoms with Crippen LogP contribution in [0.2, 0.25) is 0 Å². The van der Waals surface area contributed by atoms with Crippen LogP contribution in [0.5, 0.6) is 0 Å². The van der Waals surface area contributed by atoms with Crippen molar-refractivity contribution in [2.24, 2.45) is 7.05 Å². The zero-order valence-corrected chi connectivity index (χ0v) is 15.5. The molecule has 4 rings (SSSR count). The van der Waals surface area contributed by atoms with E-state index in [2.05, 4.69) is 22.2 Å². The summed E-state index contributed by atoms with van der Waals surface area (Å²) in [5.74, 6) is 0.242. The largest absolute Gasteiger partial charge is 0.459 e. The fourth-order valence-electron chi connectivity index (χ4n) is 3.41. The summed E-state index contributed by atoms with van der Waals surface area (Å²) in [7, 11) is 1.90. The maximum atomic E-state index is 12.9. The van der Waals surface area contributed by atoms with Crippen molar-refractivity contribution in [2.75, 3.05) is 6.54 Å². The molecular formula is C21H22N4O2. The summed E-state index contributed by atoms with van der Waals surface area (Å²) in [6, 6.07) is 13.7. The first-order valence-electron chi connectivity index (χ1n) is 8.99. The first-order chi connectivity index (χ1) is 13.1. The third-order valence-electron chi connectivity index (χ3n) is 4.80. The van der Waals surface area contributed by atoms with Gasteiger partial charge in [-0.2, -0.15) is 5.10 Å². The smallest absolute Gasteiger partial charge is 0.289 e.